The number of fused-ring (bicyclic) bond motifs is 3. The van der Waals surface area contributed by atoms with Crippen molar-refractivity contribution in [2.45, 2.75) is 18.3 Å². The molecule has 0 spiro atoms. The Labute approximate surface area is 229 Å². The van der Waals surface area contributed by atoms with Crippen molar-refractivity contribution >= 4 is 10.1 Å². The Balaban J connectivity index is 0.000000355. The zero-order valence-corrected chi connectivity index (χ0v) is 21.7. The average molecular weight is 562 g/mol. The van der Waals surface area contributed by atoms with Crippen LogP contribution < -0.4 is 4.57 Å². The van der Waals surface area contributed by atoms with Gasteiger partial charge in [-0.05, 0) is 35.6 Å². The fourth-order valence-electron chi connectivity index (χ4n) is 4.75. The second-order valence-electron chi connectivity index (χ2n) is 8.94. The van der Waals surface area contributed by atoms with E-state index in [4.69, 9.17) is 13.0 Å². The highest BCUT2D eigenvalue weighted by Crippen LogP contribution is 2.39. The number of aryl methyl sites for hydroxylation is 1. The molecule has 6 rings (SSSR count). The standard InChI is InChI=1S/C29H22N3.CHF3O3S/c1-3-10-21(11-4-1)26-20-27(23-13-5-2-6-14-23)32(29-30-18-9-19-31-29)28-24-15-8-7-12-22(24)16-17-25(26)28;2-1(3,4)8(5,6)7/h1-15,18-20H,16-17H2;(H,5,6,7)/q+1;/p-1. The van der Waals surface area contributed by atoms with Gasteiger partial charge < -0.3 is 4.55 Å². The van der Waals surface area contributed by atoms with Crippen molar-refractivity contribution in [1.82, 2.24) is 9.97 Å². The summed E-state index contributed by atoms with van der Waals surface area (Å²) in [4.78, 5) is 9.34. The van der Waals surface area contributed by atoms with Gasteiger partial charge in [0.2, 0.25) is 0 Å². The molecular formula is C30H22F3N3O3S. The Bertz CT molecular complexity index is 1750. The predicted octanol–water partition coefficient (Wildman–Crippen LogP) is 5.90. The molecule has 0 amide bonds. The Kier molecular flexibility index (Phi) is 7.46. The lowest BCUT2D eigenvalue weighted by molar-refractivity contribution is -0.580. The molecule has 6 nitrogen and oxygen atoms in total. The molecule has 2 aromatic heterocycles. The normalized spacial score (nSPS) is 12.5. The predicted molar refractivity (Wildman–Crippen MR) is 143 cm³/mol. The largest absolute Gasteiger partial charge is 0.741 e. The Morgan fingerprint density at radius 2 is 1.27 bits per heavy atom. The summed E-state index contributed by atoms with van der Waals surface area (Å²) in [6.45, 7) is 0. The molecule has 0 saturated carbocycles. The third kappa shape index (κ3) is 5.49. The Morgan fingerprint density at radius 3 is 1.88 bits per heavy atom. The number of benzene rings is 3. The van der Waals surface area contributed by atoms with Crippen molar-refractivity contribution in [3.8, 4) is 39.6 Å². The highest BCUT2D eigenvalue weighted by Gasteiger charge is 2.37. The highest BCUT2D eigenvalue weighted by molar-refractivity contribution is 7.86. The van der Waals surface area contributed by atoms with Crippen LogP contribution in [0.2, 0.25) is 0 Å². The van der Waals surface area contributed by atoms with Crippen LogP contribution in [0.3, 0.4) is 0 Å². The zero-order chi connectivity index (χ0) is 28.3. The SMILES string of the molecule is O=S(=O)([O-])C(F)(F)F.c1ccc(-c2cc(-c3ccccc3)[n+](-c3ncccn3)c3c2CCc2ccccc2-3)cc1. The van der Waals surface area contributed by atoms with Gasteiger partial charge in [-0.15, -0.1) is 0 Å². The third-order valence-corrected chi connectivity index (χ3v) is 7.03. The van der Waals surface area contributed by atoms with Gasteiger partial charge in [0.05, 0.1) is 0 Å². The molecule has 5 aromatic rings. The van der Waals surface area contributed by atoms with Crippen molar-refractivity contribution < 1.29 is 30.7 Å². The van der Waals surface area contributed by atoms with Gasteiger partial charge in [0.15, 0.2) is 10.1 Å². The van der Waals surface area contributed by atoms with Crippen LogP contribution in [0.4, 0.5) is 13.2 Å². The second-order valence-corrected chi connectivity index (χ2v) is 10.3. The first-order valence-corrected chi connectivity index (χ1v) is 13.7. The fourth-order valence-corrected chi connectivity index (χ4v) is 4.75. The van der Waals surface area contributed by atoms with E-state index >= 15 is 0 Å². The number of pyridine rings is 1. The van der Waals surface area contributed by atoms with E-state index in [1.165, 1.54) is 33.5 Å². The number of rotatable bonds is 3. The number of halogens is 3. The summed E-state index contributed by atoms with van der Waals surface area (Å²) in [7, 11) is -6.09. The highest BCUT2D eigenvalue weighted by atomic mass is 32.2. The summed E-state index contributed by atoms with van der Waals surface area (Å²) >= 11 is 0. The van der Waals surface area contributed by atoms with E-state index in [2.05, 4.69) is 106 Å². The monoisotopic (exact) mass is 561 g/mol. The molecular weight excluding hydrogens is 539 g/mol. The molecule has 0 bridgehead atoms. The van der Waals surface area contributed by atoms with Gasteiger partial charge in [-0.25, -0.2) is 8.42 Å². The van der Waals surface area contributed by atoms with Crippen LogP contribution in [-0.4, -0.2) is 28.4 Å². The van der Waals surface area contributed by atoms with Crippen LogP contribution >= 0.6 is 0 Å². The van der Waals surface area contributed by atoms with E-state index in [1.807, 2.05) is 18.5 Å². The molecule has 0 N–H and O–H groups in total. The van der Waals surface area contributed by atoms with Crippen LogP contribution in [0.15, 0.2) is 109 Å². The molecule has 40 heavy (non-hydrogen) atoms. The summed E-state index contributed by atoms with van der Waals surface area (Å²) in [5.41, 5.74) is 4.27. The second kappa shape index (κ2) is 11.0. The molecule has 0 fully saturated rings. The molecule has 0 atom stereocenters. The summed E-state index contributed by atoms with van der Waals surface area (Å²) in [6.07, 6.45) is 5.65. The minimum atomic E-state index is -6.09. The zero-order valence-electron chi connectivity index (χ0n) is 20.9. The maximum atomic E-state index is 10.7. The van der Waals surface area contributed by atoms with Gasteiger partial charge in [0, 0.05) is 22.8 Å². The number of nitrogens with zero attached hydrogens (tertiary/aromatic N) is 3. The molecule has 0 saturated heterocycles. The van der Waals surface area contributed by atoms with E-state index in [0.29, 0.717) is 5.95 Å². The van der Waals surface area contributed by atoms with Gasteiger partial charge in [-0.2, -0.15) is 17.7 Å². The molecule has 3 aromatic carbocycles. The number of hydrogen-bond acceptors (Lipinski definition) is 5. The van der Waals surface area contributed by atoms with E-state index in [0.717, 1.165) is 24.1 Å². The van der Waals surface area contributed by atoms with Crippen LogP contribution in [0.25, 0.3) is 39.6 Å². The average Bonchev–Trinajstić information content (AvgIpc) is 2.97. The summed E-state index contributed by atoms with van der Waals surface area (Å²) in [6, 6.07) is 34.2. The minimum Gasteiger partial charge on any atom is -0.741 e. The van der Waals surface area contributed by atoms with Gasteiger partial charge >= 0.3 is 11.5 Å². The van der Waals surface area contributed by atoms with Crippen LogP contribution in [0.5, 0.6) is 0 Å². The van der Waals surface area contributed by atoms with Gasteiger partial charge in [0.25, 0.3) is 0 Å². The molecule has 0 aliphatic heterocycles. The van der Waals surface area contributed by atoms with Crippen LogP contribution in [0.1, 0.15) is 11.1 Å². The van der Waals surface area contributed by atoms with Crippen molar-refractivity contribution in [3.63, 3.8) is 0 Å². The molecule has 202 valence electrons. The summed E-state index contributed by atoms with van der Waals surface area (Å²) in [5, 5.41) is 0. The van der Waals surface area contributed by atoms with E-state index < -0.39 is 15.6 Å². The van der Waals surface area contributed by atoms with Gasteiger partial charge in [-0.3, -0.25) is 0 Å². The van der Waals surface area contributed by atoms with E-state index in [-0.39, 0.29) is 0 Å². The smallest absolute Gasteiger partial charge is 0.485 e. The topological polar surface area (TPSA) is 86.9 Å². The molecule has 0 unspecified atom stereocenters. The van der Waals surface area contributed by atoms with E-state index in [9.17, 15) is 13.2 Å². The summed E-state index contributed by atoms with van der Waals surface area (Å²) < 4.78 is 61.1. The van der Waals surface area contributed by atoms with Crippen LogP contribution in [0, 0.1) is 0 Å². The molecule has 2 heterocycles. The maximum absolute atomic E-state index is 10.7. The van der Waals surface area contributed by atoms with Crippen molar-refractivity contribution in [2.75, 3.05) is 0 Å². The van der Waals surface area contributed by atoms with E-state index in [1.54, 1.807) is 0 Å². The molecule has 1 aliphatic carbocycles. The first kappa shape index (κ1) is 27.2. The lowest BCUT2D eigenvalue weighted by atomic mass is 9.83. The first-order valence-electron chi connectivity index (χ1n) is 12.3. The minimum absolute atomic E-state index is 0.693. The van der Waals surface area contributed by atoms with Crippen LogP contribution in [-0.2, 0) is 23.0 Å². The maximum Gasteiger partial charge on any atom is 0.485 e. The lowest BCUT2D eigenvalue weighted by Crippen LogP contribution is -2.40. The van der Waals surface area contributed by atoms with Gasteiger partial charge in [0.1, 0.15) is 23.8 Å². The first-order chi connectivity index (χ1) is 19.1. The van der Waals surface area contributed by atoms with Crippen molar-refractivity contribution in [2.24, 2.45) is 0 Å². The third-order valence-electron chi connectivity index (χ3n) is 6.46. The van der Waals surface area contributed by atoms with Crippen molar-refractivity contribution in [1.29, 1.82) is 0 Å². The number of alkyl halides is 3. The Morgan fingerprint density at radius 1 is 0.725 bits per heavy atom. The molecule has 1 aliphatic rings. The number of hydrogen-bond donors (Lipinski definition) is 0. The lowest BCUT2D eigenvalue weighted by Gasteiger charge is -2.25. The van der Waals surface area contributed by atoms with Crippen molar-refractivity contribution in [3.05, 3.63) is 121 Å². The summed E-state index contributed by atoms with van der Waals surface area (Å²) in [5.74, 6) is 0.693. The quantitative estimate of drug-likeness (QED) is 0.155. The Hall–Kier alpha value is -4.41. The van der Waals surface area contributed by atoms with Gasteiger partial charge in [-0.1, -0.05) is 94.9 Å². The molecule has 10 heteroatoms. The molecule has 0 radical (unpaired) electrons. The number of aromatic nitrogens is 3. The fraction of sp³-hybridized carbons (Fsp3) is 0.100.